The summed E-state index contributed by atoms with van der Waals surface area (Å²) in [5, 5.41) is 3.45. The van der Waals surface area contributed by atoms with Crippen LogP contribution in [0.5, 0.6) is 0 Å². The molecule has 1 N–H and O–H groups in total. The quantitative estimate of drug-likeness (QED) is 0.892. The summed E-state index contributed by atoms with van der Waals surface area (Å²) in [7, 11) is 0. The van der Waals surface area contributed by atoms with E-state index in [9.17, 15) is 0 Å². The largest absolute Gasteiger partial charge is 0.304 e. The van der Waals surface area contributed by atoms with E-state index >= 15 is 0 Å². The lowest BCUT2D eigenvalue weighted by molar-refractivity contribution is 0.596. The molecule has 3 nitrogen and oxygen atoms in total. The van der Waals surface area contributed by atoms with Crippen LogP contribution in [0.4, 0.5) is 0 Å². The van der Waals surface area contributed by atoms with Crippen LogP contribution in [-0.2, 0) is 6.42 Å². The lowest BCUT2D eigenvalue weighted by Gasteiger charge is -2.17. The first-order chi connectivity index (χ1) is 9.24. The average Bonchev–Trinajstić information content (AvgIpc) is 2.46. The van der Waals surface area contributed by atoms with Gasteiger partial charge in [0.05, 0.1) is 6.04 Å². The first-order valence-electron chi connectivity index (χ1n) is 6.85. The van der Waals surface area contributed by atoms with Gasteiger partial charge in [-0.15, -0.1) is 0 Å². The standard InChI is InChI=1S/C16H21N3/c1-4-13-6-8-14(9-7-13)15(17-5-2)16-18-10-12(3)11-19-16/h6-11,15,17H,4-5H2,1-3H3. The maximum absolute atomic E-state index is 4.44. The van der Waals surface area contributed by atoms with Crippen molar-refractivity contribution in [2.45, 2.75) is 33.2 Å². The predicted molar refractivity (Wildman–Crippen MR) is 78.1 cm³/mol. The summed E-state index contributed by atoms with van der Waals surface area (Å²) in [6.07, 6.45) is 4.80. The van der Waals surface area contributed by atoms with Gasteiger partial charge >= 0.3 is 0 Å². The van der Waals surface area contributed by atoms with Crippen LogP contribution < -0.4 is 5.32 Å². The molecular weight excluding hydrogens is 234 g/mol. The highest BCUT2D eigenvalue weighted by Crippen LogP contribution is 2.19. The molecule has 1 aromatic carbocycles. The smallest absolute Gasteiger partial charge is 0.149 e. The Morgan fingerprint density at radius 1 is 1.05 bits per heavy atom. The van der Waals surface area contributed by atoms with Crippen molar-refractivity contribution in [3.05, 3.63) is 59.2 Å². The highest BCUT2D eigenvalue weighted by atomic mass is 15.0. The second kappa shape index (κ2) is 6.43. The van der Waals surface area contributed by atoms with Crippen LogP contribution in [0.3, 0.4) is 0 Å². The Labute approximate surface area is 115 Å². The van der Waals surface area contributed by atoms with Crippen molar-refractivity contribution in [2.75, 3.05) is 6.54 Å². The zero-order chi connectivity index (χ0) is 13.7. The molecule has 19 heavy (non-hydrogen) atoms. The molecule has 0 saturated heterocycles. The topological polar surface area (TPSA) is 37.8 Å². The van der Waals surface area contributed by atoms with E-state index < -0.39 is 0 Å². The fraction of sp³-hybridized carbons (Fsp3) is 0.375. The average molecular weight is 255 g/mol. The molecule has 3 heteroatoms. The molecule has 0 radical (unpaired) electrons. The second-order valence-corrected chi connectivity index (χ2v) is 4.70. The van der Waals surface area contributed by atoms with Crippen LogP contribution in [0.1, 0.15) is 42.4 Å². The number of aromatic nitrogens is 2. The minimum atomic E-state index is 0.0662. The molecule has 1 aromatic heterocycles. The molecule has 0 bridgehead atoms. The van der Waals surface area contributed by atoms with E-state index in [0.29, 0.717) is 0 Å². The van der Waals surface area contributed by atoms with Gasteiger partial charge in [0, 0.05) is 12.4 Å². The van der Waals surface area contributed by atoms with E-state index in [4.69, 9.17) is 0 Å². The molecular formula is C16H21N3. The number of aryl methyl sites for hydroxylation is 2. The Balaban J connectivity index is 2.30. The summed E-state index contributed by atoms with van der Waals surface area (Å²) >= 11 is 0. The van der Waals surface area contributed by atoms with Crippen LogP contribution in [0.25, 0.3) is 0 Å². The van der Waals surface area contributed by atoms with Gasteiger partial charge in [-0.25, -0.2) is 9.97 Å². The fourth-order valence-corrected chi connectivity index (χ4v) is 2.06. The van der Waals surface area contributed by atoms with Crippen LogP contribution in [0.15, 0.2) is 36.7 Å². The molecule has 0 spiro atoms. The Morgan fingerprint density at radius 3 is 2.21 bits per heavy atom. The third-order valence-corrected chi connectivity index (χ3v) is 3.19. The zero-order valence-corrected chi connectivity index (χ0v) is 11.9. The van der Waals surface area contributed by atoms with E-state index in [0.717, 1.165) is 24.4 Å². The summed E-state index contributed by atoms with van der Waals surface area (Å²) in [5.74, 6) is 0.830. The molecule has 1 atom stereocenters. The van der Waals surface area contributed by atoms with Crippen molar-refractivity contribution < 1.29 is 0 Å². The highest BCUT2D eigenvalue weighted by Gasteiger charge is 2.15. The van der Waals surface area contributed by atoms with Gasteiger partial charge in [0.15, 0.2) is 0 Å². The number of benzene rings is 1. The summed E-state index contributed by atoms with van der Waals surface area (Å²) < 4.78 is 0. The van der Waals surface area contributed by atoms with Crippen molar-refractivity contribution in [1.82, 2.24) is 15.3 Å². The van der Waals surface area contributed by atoms with E-state index in [1.54, 1.807) is 0 Å². The highest BCUT2D eigenvalue weighted by molar-refractivity contribution is 5.29. The van der Waals surface area contributed by atoms with E-state index in [1.165, 1.54) is 11.1 Å². The molecule has 0 fully saturated rings. The van der Waals surface area contributed by atoms with Crippen LogP contribution >= 0.6 is 0 Å². The normalized spacial score (nSPS) is 12.4. The minimum absolute atomic E-state index is 0.0662. The Kier molecular flexibility index (Phi) is 4.63. The molecule has 0 amide bonds. The Morgan fingerprint density at radius 2 is 1.68 bits per heavy atom. The SMILES string of the molecule is CCNC(c1ccc(CC)cc1)c1ncc(C)cn1. The molecule has 100 valence electrons. The second-order valence-electron chi connectivity index (χ2n) is 4.70. The van der Waals surface area contributed by atoms with Gasteiger partial charge in [0.1, 0.15) is 5.82 Å². The number of rotatable bonds is 5. The van der Waals surface area contributed by atoms with Gasteiger partial charge in [0.2, 0.25) is 0 Å². The molecule has 2 rings (SSSR count). The first kappa shape index (κ1) is 13.7. The molecule has 1 heterocycles. The fourth-order valence-electron chi connectivity index (χ4n) is 2.06. The minimum Gasteiger partial charge on any atom is -0.304 e. The molecule has 2 aromatic rings. The molecule has 1 unspecified atom stereocenters. The van der Waals surface area contributed by atoms with Crippen molar-refractivity contribution in [1.29, 1.82) is 0 Å². The maximum Gasteiger partial charge on any atom is 0.149 e. The molecule has 0 aliphatic carbocycles. The summed E-state index contributed by atoms with van der Waals surface area (Å²) in [4.78, 5) is 8.89. The number of nitrogens with zero attached hydrogens (tertiary/aromatic N) is 2. The third kappa shape index (κ3) is 3.38. The van der Waals surface area contributed by atoms with Gasteiger partial charge in [0.25, 0.3) is 0 Å². The van der Waals surface area contributed by atoms with E-state index in [1.807, 2.05) is 19.3 Å². The van der Waals surface area contributed by atoms with E-state index in [2.05, 4.69) is 53.4 Å². The summed E-state index contributed by atoms with van der Waals surface area (Å²) in [5.41, 5.74) is 3.65. The molecule has 0 aliphatic rings. The molecule has 0 saturated carbocycles. The van der Waals surface area contributed by atoms with Crippen LogP contribution in [-0.4, -0.2) is 16.5 Å². The van der Waals surface area contributed by atoms with Gasteiger partial charge in [-0.2, -0.15) is 0 Å². The summed E-state index contributed by atoms with van der Waals surface area (Å²) in [6.45, 7) is 7.15. The zero-order valence-electron chi connectivity index (χ0n) is 11.9. The Hall–Kier alpha value is -1.74. The van der Waals surface area contributed by atoms with Crippen LogP contribution in [0.2, 0.25) is 0 Å². The van der Waals surface area contributed by atoms with Gasteiger partial charge in [-0.05, 0) is 36.6 Å². The predicted octanol–water partition coefficient (Wildman–Crippen LogP) is 3.05. The molecule has 0 aliphatic heterocycles. The van der Waals surface area contributed by atoms with Gasteiger partial charge in [-0.3, -0.25) is 0 Å². The van der Waals surface area contributed by atoms with Crippen molar-refractivity contribution in [3.8, 4) is 0 Å². The maximum atomic E-state index is 4.44. The van der Waals surface area contributed by atoms with Crippen LogP contribution in [0, 0.1) is 6.92 Å². The lowest BCUT2D eigenvalue weighted by Crippen LogP contribution is -2.24. The number of hydrogen-bond acceptors (Lipinski definition) is 3. The monoisotopic (exact) mass is 255 g/mol. The van der Waals surface area contributed by atoms with Crippen molar-refractivity contribution in [3.63, 3.8) is 0 Å². The van der Waals surface area contributed by atoms with Crippen molar-refractivity contribution >= 4 is 0 Å². The Bertz CT molecular complexity index is 503. The number of nitrogens with one attached hydrogen (secondary N) is 1. The number of hydrogen-bond donors (Lipinski definition) is 1. The summed E-state index contributed by atoms with van der Waals surface area (Å²) in [6, 6.07) is 8.74. The van der Waals surface area contributed by atoms with E-state index in [-0.39, 0.29) is 6.04 Å². The first-order valence-corrected chi connectivity index (χ1v) is 6.85. The van der Waals surface area contributed by atoms with Gasteiger partial charge < -0.3 is 5.32 Å². The lowest BCUT2D eigenvalue weighted by atomic mass is 10.0. The van der Waals surface area contributed by atoms with Gasteiger partial charge in [-0.1, -0.05) is 38.1 Å². The van der Waals surface area contributed by atoms with Crippen molar-refractivity contribution in [2.24, 2.45) is 0 Å². The third-order valence-electron chi connectivity index (χ3n) is 3.19.